The Morgan fingerprint density at radius 1 is 1.56 bits per heavy atom. The van der Waals surface area contributed by atoms with E-state index in [2.05, 4.69) is 27.1 Å². The highest BCUT2D eigenvalue weighted by atomic mass is 16.5. The Balaban J connectivity index is 2.02. The van der Waals surface area contributed by atoms with Crippen molar-refractivity contribution in [1.29, 1.82) is 0 Å². The van der Waals surface area contributed by atoms with Gasteiger partial charge in [-0.15, -0.1) is 0 Å². The molecule has 6 heteroatoms. The SMILES string of the molecule is CCCNc1cc(N2CCOC(CO)C2)ncn1. The van der Waals surface area contributed by atoms with Crippen LogP contribution >= 0.6 is 0 Å². The van der Waals surface area contributed by atoms with Crippen molar-refractivity contribution in [3.05, 3.63) is 12.4 Å². The largest absolute Gasteiger partial charge is 0.394 e. The molecule has 1 saturated heterocycles. The Labute approximate surface area is 107 Å². The predicted molar refractivity (Wildman–Crippen MR) is 69.9 cm³/mol. The summed E-state index contributed by atoms with van der Waals surface area (Å²) < 4.78 is 5.42. The van der Waals surface area contributed by atoms with Crippen molar-refractivity contribution in [2.45, 2.75) is 19.4 Å². The Hall–Kier alpha value is -1.40. The number of aromatic nitrogens is 2. The van der Waals surface area contributed by atoms with Crippen LogP contribution in [0.25, 0.3) is 0 Å². The van der Waals surface area contributed by atoms with Gasteiger partial charge in [-0.25, -0.2) is 9.97 Å². The summed E-state index contributed by atoms with van der Waals surface area (Å²) in [5.74, 6) is 1.72. The lowest BCUT2D eigenvalue weighted by atomic mass is 10.3. The molecule has 2 N–H and O–H groups in total. The van der Waals surface area contributed by atoms with Gasteiger partial charge in [0.1, 0.15) is 18.0 Å². The summed E-state index contributed by atoms with van der Waals surface area (Å²) >= 11 is 0. The molecular weight excluding hydrogens is 232 g/mol. The third kappa shape index (κ3) is 3.30. The average Bonchev–Trinajstić information content (AvgIpc) is 2.45. The molecule has 1 aliphatic rings. The molecule has 6 nitrogen and oxygen atoms in total. The smallest absolute Gasteiger partial charge is 0.134 e. The van der Waals surface area contributed by atoms with Crippen LogP contribution in [0.15, 0.2) is 12.4 Å². The van der Waals surface area contributed by atoms with Crippen molar-refractivity contribution >= 4 is 11.6 Å². The second-order valence-corrected chi connectivity index (χ2v) is 4.31. The number of aliphatic hydroxyl groups is 1. The fraction of sp³-hybridized carbons (Fsp3) is 0.667. The maximum absolute atomic E-state index is 9.13. The molecule has 1 unspecified atom stereocenters. The zero-order valence-electron chi connectivity index (χ0n) is 10.7. The minimum atomic E-state index is -0.124. The molecule has 0 saturated carbocycles. The predicted octanol–water partition coefficient (Wildman–Crippen LogP) is 0.496. The molecule has 2 rings (SSSR count). The minimum Gasteiger partial charge on any atom is -0.394 e. The monoisotopic (exact) mass is 252 g/mol. The van der Waals surface area contributed by atoms with Crippen molar-refractivity contribution in [2.75, 3.05) is 43.1 Å². The zero-order valence-corrected chi connectivity index (χ0v) is 10.7. The van der Waals surface area contributed by atoms with Crippen molar-refractivity contribution < 1.29 is 9.84 Å². The van der Waals surface area contributed by atoms with Crippen LogP contribution in [0.2, 0.25) is 0 Å². The first-order chi connectivity index (χ1) is 8.83. The lowest BCUT2D eigenvalue weighted by molar-refractivity contribution is 0.00336. The molecule has 18 heavy (non-hydrogen) atoms. The van der Waals surface area contributed by atoms with Crippen LogP contribution in [-0.4, -0.2) is 54.0 Å². The number of ether oxygens (including phenoxy) is 1. The molecule has 1 aliphatic heterocycles. The standard InChI is InChI=1S/C12H20N4O2/c1-2-3-13-11-6-12(15-9-14-11)16-4-5-18-10(7-16)8-17/h6,9-10,17H,2-5,7-8H2,1H3,(H,13,14,15). The highest BCUT2D eigenvalue weighted by molar-refractivity contribution is 5.48. The van der Waals surface area contributed by atoms with Gasteiger partial charge in [0.05, 0.1) is 19.3 Å². The van der Waals surface area contributed by atoms with Crippen LogP contribution in [0.5, 0.6) is 0 Å². The first kappa shape index (κ1) is 13.0. The van der Waals surface area contributed by atoms with Crippen molar-refractivity contribution in [2.24, 2.45) is 0 Å². The fourth-order valence-electron chi connectivity index (χ4n) is 1.91. The van der Waals surface area contributed by atoms with Gasteiger partial charge in [-0.05, 0) is 6.42 Å². The van der Waals surface area contributed by atoms with Gasteiger partial charge >= 0.3 is 0 Å². The summed E-state index contributed by atoms with van der Waals surface area (Å²) in [6.07, 6.45) is 2.50. The van der Waals surface area contributed by atoms with E-state index < -0.39 is 0 Å². The molecule has 1 fully saturated rings. The van der Waals surface area contributed by atoms with E-state index in [1.807, 2.05) is 6.07 Å². The summed E-state index contributed by atoms with van der Waals surface area (Å²) in [5.41, 5.74) is 0. The van der Waals surface area contributed by atoms with Crippen molar-refractivity contribution in [3.8, 4) is 0 Å². The van der Waals surface area contributed by atoms with Crippen LogP contribution in [0.3, 0.4) is 0 Å². The third-order valence-electron chi connectivity index (χ3n) is 2.88. The van der Waals surface area contributed by atoms with E-state index in [0.29, 0.717) is 13.2 Å². The Morgan fingerprint density at radius 3 is 3.22 bits per heavy atom. The average molecular weight is 252 g/mol. The van der Waals surface area contributed by atoms with Crippen LogP contribution in [0.4, 0.5) is 11.6 Å². The van der Waals surface area contributed by atoms with Crippen molar-refractivity contribution in [3.63, 3.8) is 0 Å². The lowest BCUT2D eigenvalue weighted by Crippen LogP contribution is -2.44. The minimum absolute atomic E-state index is 0.0442. The van der Waals surface area contributed by atoms with Crippen LogP contribution in [0, 0.1) is 0 Å². The first-order valence-electron chi connectivity index (χ1n) is 6.36. The van der Waals surface area contributed by atoms with Gasteiger partial charge in [-0.1, -0.05) is 6.92 Å². The summed E-state index contributed by atoms with van der Waals surface area (Å²) in [7, 11) is 0. The highest BCUT2D eigenvalue weighted by Crippen LogP contribution is 2.17. The van der Waals surface area contributed by atoms with E-state index >= 15 is 0 Å². The van der Waals surface area contributed by atoms with E-state index in [9.17, 15) is 0 Å². The number of anilines is 2. The molecule has 0 aromatic carbocycles. The molecule has 0 aliphatic carbocycles. The summed E-state index contributed by atoms with van der Waals surface area (Å²) in [5, 5.41) is 12.4. The summed E-state index contributed by atoms with van der Waals surface area (Å²) in [6.45, 7) is 5.14. The summed E-state index contributed by atoms with van der Waals surface area (Å²) in [4.78, 5) is 10.6. The van der Waals surface area contributed by atoms with Crippen LogP contribution < -0.4 is 10.2 Å². The van der Waals surface area contributed by atoms with Gasteiger partial charge in [0, 0.05) is 25.7 Å². The molecule has 0 bridgehead atoms. The fourth-order valence-corrected chi connectivity index (χ4v) is 1.91. The van der Waals surface area contributed by atoms with E-state index in [4.69, 9.17) is 9.84 Å². The second kappa shape index (κ2) is 6.51. The van der Waals surface area contributed by atoms with Crippen molar-refractivity contribution in [1.82, 2.24) is 9.97 Å². The number of nitrogens with zero attached hydrogens (tertiary/aromatic N) is 3. The number of morpholine rings is 1. The van der Waals surface area contributed by atoms with Gasteiger partial charge in [0.15, 0.2) is 0 Å². The number of rotatable bonds is 5. The van der Waals surface area contributed by atoms with Gasteiger partial charge in [0.2, 0.25) is 0 Å². The number of nitrogens with one attached hydrogen (secondary N) is 1. The normalized spacial score (nSPS) is 19.9. The maximum atomic E-state index is 9.13. The topological polar surface area (TPSA) is 70.5 Å². The van der Waals surface area contributed by atoms with Gasteiger partial charge in [0.25, 0.3) is 0 Å². The zero-order chi connectivity index (χ0) is 12.8. The van der Waals surface area contributed by atoms with E-state index in [1.54, 1.807) is 6.33 Å². The molecule has 0 spiro atoms. The Morgan fingerprint density at radius 2 is 2.44 bits per heavy atom. The Kier molecular flexibility index (Phi) is 4.72. The van der Waals surface area contributed by atoms with Gasteiger partial charge < -0.3 is 20.1 Å². The van der Waals surface area contributed by atoms with Crippen LogP contribution in [-0.2, 0) is 4.74 Å². The number of hydrogen-bond acceptors (Lipinski definition) is 6. The number of hydrogen-bond donors (Lipinski definition) is 2. The maximum Gasteiger partial charge on any atom is 0.134 e. The molecule has 100 valence electrons. The second-order valence-electron chi connectivity index (χ2n) is 4.31. The lowest BCUT2D eigenvalue weighted by Gasteiger charge is -2.32. The molecule has 0 amide bonds. The first-order valence-corrected chi connectivity index (χ1v) is 6.36. The van der Waals surface area contributed by atoms with Gasteiger partial charge in [-0.3, -0.25) is 0 Å². The molecule has 1 aromatic heterocycles. The molecule has 1 atom stereocenters. The quantitative estimate of drug-likeness (QED) is 0.795. The highest BCUT2D eigenvalue weighted by Gasteiger charge is 2.20. The van der Waals surface area contributed by atoms with E-state index in [1.165, 1.54) is 0 Å². The van der Waals surface area contributed by atoms with E-state index in [-0.39, 0.29) is 12.7 Å². The van der Waals surface area contributed by atoms with Gasteiger partial charge in [-0.2, -0.15) is 0 Å². The number of aliphatic hydroxyl groups excluding tert-OH is 1. The Bertz CT molecular complexity index is 375. The van der Waals surface area contributed by atoms with E-state index in [0.717, 1.165) is 31.1 Å². The summed E-state index contributed by atoms with van der Waals surface area (Å²) in [6, 6.07) is 1.94. The molecule has 2 heterocycles. The third-order valence-corrected chi connectivity index (χ3v) is 2.88. The van der Waals surface area contributed by atoms with Crippen LogP contribution in [0.1, 0.15) is 13.3 Å². The molecule has 1 aromatic rings. The molecule has 0 radical (unpaired) electrons. The molecular formula is C12H20N4O2.